The van der Waals surface area contributed by atoms with Gasteiger partial charge in [-0.15, -0.1) is 0 Å². The number of alkyl carbamates (subject to hydrolysis) is 1. The number of pyridine rings is 1. The number of nitrogens with one attached hydrogen (secondary N) is 2. The molecule has 10 nitrogen and oxygen atoms in total. The van der Waals surface area contributed by atoms with E-state index in [1.54, 1.807) is 30.3 Å². The number of nitro groups is 1. The lowest BCUT2D eigenvalue weighted by molar-refractivity contribution is -0.384. The van der Waals surface area contributed by atoms with Crippen LogP contribution in [0.15, 0.2) is 67.0 Å². The number of nitrogens with zero attached hydrogens (tertiary/aromatic N) is 2. The van der Waals surface area contributed by atoms with Gasteiger partial charge >= 0.3 is 6.09 Å². The van der Waals surface area contributed by atoms with Gasteiger partial charge < -0.3 is 21.1 Å². The van der Waals surface area contributed by atoms with Gasteiger partial charge in [0, 0.05) is 30.4 Å². The average molecular weight is 421 g/mol. The summed E-state index contributed by atoms with van der Waals surface area (Å²) >= 11 is 0. The van der Waals surface area contributed by atoms with Gasteiger partial charge in [0.2, 0.25) is 0 Å². The third-order valence-corrected chi connectivity index (χ3v) is 4.27. The Morgan fingerprint density at radius 1 is 1.03 bits per heavy atom. The first kappa shape index (κ1) is 21.2. The zero-order valence-corrected chi connectivity index (χ0v) is 16.3. The van der Waals surface area contributed by atoms with Crippen LogP contribution in [0.2, 0.25) is 0 Å². The molecule has 0 fully saturated rings. The zero-order valence-electron chi connectivity index (χ0n) is 16.3. The van der Waals surface area contributed by atoms with Crippen LogP contribution in [-0.2, 0) is 17.9 Å². The fourth-order valence-electron chi connectivity index (χ4n) is 2.58. The van der Waals surface area contributed by atoms with Crippen LogP contribution in [-0.4, -0.2) is 21.9 Å². The maximum atomic E-state index is 12.3. The van der Waals surface area contributed by atoms with Crippen LogP contribution in [0.1, 0.15) is 21.5 Å². The summed E-state index contributed by atoms with van der Waals surface area (Å²) < 4.78 is 5.09. The molecule has 3 rings (SSSR count). The van der Waals surface area contributed by atoms with E-state index in [1.807, 2.05) is 0 Å². The highest BCUT2D eigenvalue weighted by atomic mass is 16.6. The summed E-state index contributed by atoms with van der Waals surface area (Å²) in [5, 5.41) is 15.9. The summed E-state index contributed by atoms with van der Waals surface area (Å²) in [5.74, 6) is -0.320. The number of aromatic nitrogens is 1. The van der Waals surface area contributed by atoms with Crippen LogP contribution in [0.5, 0.6) is 0 Å². The standard InChI is InChI=1S/C21H19N5O5/c22-18-12-23-10-9-19(18)25-20(27)16-5-1-14(2-6-16)11-24-21(28)31-13-15-3-7-17(8-4-15)26(29)30/h1-10,12H,11,13,22H2,(H,24,28)(H,23,25,27). The Balaban J connectivity index is 1.46. The van der Waals surface area contributed by atoms with Crippen molar-refractivity contribution in [3.8, 4) is 0 Å². The Labute approximate surface area is 177 Å². The first-order chi connectivity index (χ1) is 14.9. The Kier molecular flexibility index (Phi) is 6.74. The number of carbonyl (C=O) groups is 2. The molecule has 0 bridgehead atoms. The number of non-ortho nitro benzene ring substituents is 1. The number of nitro benzene ring substituents is 1. The Hall–Kier alpha value is -4.47. The van der Waals surface area contributed by atoms with E-state index in [9.17, 15) is 19.7 Å². The molecule has 2 amide bonds. The number of carbonyl (C=O) groups excluding carboxylic acids is 2. The number of hydrogen-bond acceptors (Lipinski definition) is 7. The molecule has 1 aromatic heterocycles. The lowest BCUT2D eigenvalue weighted by atomic mass is 10.1. The maximum absolute atomic E-state index is 12.3. The predicted molar refractivity (Wildman–Crippen MR) is 113 cm³/mol. The molecule has 0 aliphatic rings. The van der Waals surface area contributed by atoms with Crippen molar-refractivity contribution in [3.05, 3.63) is 93.8 Å². The normalized spacial score (nSPS) is 10.2. The Morgan fingerprint density at radius 3 is 2.35 bits per heavy atom. The predicted octanol–water partition coefficient (Wildman–Crippen LogP) is 3.25. The van der Waals surface area contributed by atoms with E-state index in [4.69, 9.17) is 10.5 Å². The monoisotopic (exact) mass is 421 g/mol. The first-order valence-electron chi connectivity index (χ1n) is 9.16. The molecular weight excluding hydrogens is 402 g/mol. The van der Waals surface area contributed by atoms with Crippen LogP contribution in [0.25, 0.3) is 0 Å². The molecule has 10 heteroatoms. The van der Waals surface area contributed by atoms with E-state index < -0.39 is 11.0 Å². The van der Waals surface area contributed by atoms with Gasteiger partial charge in [-0.1, -0.05) is 12.1 Å². The van der Waals surface area contributed by atoms with Crippen molar-refractivity contribution in [2.24, 2.45) is 0 Å². The Bertz CT molecular complexity index is 1080. The lowest BCUT2D eigenvalue weighted by Crippen LogP contribution is -2.23. The number of anilines is 2. The molecule has 1 heterocycles. The SMILES string of the molecule is Nc1cnccc1NC(=O)c1ccc(CNC(=O)OCc2ccc([N+](=O)[O-])cc2)cc1. The largest absolute Gasteiger partial charge is 0.445 e. The van der Waals surface area contributed by atoms with Gasteiger partial charge in [0.15, 0.2) is 0 Å². The van der Waals surface area contributed by atoms with Crippen molar-refractivity contribution < 1.29 is 19.2 Å². The third-order valence-electron chi connectivity index (χ3n) is 4.27. The second-order valence-electron chi connectivity index (χ2n) is 6.47. The highest BCUT2D eigenvalue weighted by Gasteiger charge is 2.09. The number of nitrogens with two attached hydrogens (primary N) is 1. The molecule has 0 saturated heterocycles. The summed E-state index contributed by atoms with van der Waals surface area (Å²) in [6.07, 6.45) is 2.35. The number of nitrogen functional groups attached to an aromatic ring is 1. The molecule has 2 aromatic carbocycles. The molecule has 158 valence electrons. The van der Waals surface area contributed by atoms with E-state index in [2.05, 4.69) is 15.6 Å². The minimum Gasteiger partial charge on any atom is -0.445 e. The van der Waals surface area contributed by atoms with Gasteiger partial charge in [-0.3, -0.25) is 19.9 Å². The third kappa shape index (κ3) is 6.00. The minimum atomic E-state index is -0.631. The molecular formula is C21H19N5O5. The van der Waals surface area contributed by atoms with Crippen molar-refractivity contribution in [3.63, 3.8) is 0 Å². The summed E-state index contributed by atoms with van der Waals surface area (Å²) in [6, 6.07) is 14.0. The number of ether oxygens (including phenoxy) is 1. The van der Waals surface area contributed by atoms with Crippen molar-refractivity contribution in [2.75, 3.05) is 11.1 Å². The second-order valence-corrected chi connectivity index (χ2v) is 6.47. The van der Waals surface area contributed by atoms with Crippen LogP contribution < -0.4 is 16.4 Å². The average Bonchev–Trinajstić information content (AvgIpc) is 2.78. The van der Waals surface area contributed by atoms with Gasteiger partial charge in [0.05, 0.1) is 22.5 Å². The van der Waals surface area contributed by atoms with Gasteiger partial charge in [0.25, 0.3) is 11.6 Å². The molecule has 0 saturated carbocycles. The number of amides is 2. The van der Waals surface area contributed by atoms with Gasteiger partial charge in [-0.05, 0) is 41.5 Å². The number of benzene rings is 2. The molecule has 31 heavy (non-hydrogen) atoms. The molecule has 4 N–H and O–H groups in total. The van der Waals surface area contributed by atoms with E-state index in [0.29, 0.717) is 22.5 Å². The zero-order chi connectivity index (χ0) is 22.2. The number of rotatable bonds is 7. The molecule has 0 unspecified atom stereocenters. The highest BCUT2D eigenvalue weighted by Crippen LogP contribution is 2.17. The van der Waals surface area contributed by atoms with Crippen LogP contribution in [0, 0.1) is 10.1 Å². The van der Waals surface area contributed by atoms with E-state index in [0.717, 1.165) is 5.56 Å². The van der Waals surface area contributed by atoms with Crippen molar-refractivity contribution in [2.45, 2.75) is 13.2 Å². The van der Waals surface area contributed by atoms with Gasteiger partial charge in [-0.2, -0.15) is 0 Å². The summed E-state index contributed by atoms with van der Waals surface area (Å²) in [5.41, 5.74) is 8.40. The molecule has 0 aliphatic carbocycles. The van der Waals surface area contributed by atoms with E-state index >= 15 is 0 Å². The fourth-order valence-corrected chi connectivity index (χ4v) is 2.58. The maximum Gasteiger partial charge on any atom is 0.407 e. The summed E-state index contributed by atoms with van der Waals surface area (Å²) in [4.78, 5) is 38.2. The van der Waals surface area contributed by atoms with Crippen molar-refractivity contribution >= 4 is 29.1 Å². The Morgan fingerprint density at radius 2 is 1.71 bits per heavy atom. The molecule has 0 atom stereocenters. The molecule has 3 aromatic rings. The quantitative estimate of drug-likeness (QED) is 0.391. The van der Waals surface area contributed by atoms with Crippen LogP contribution in [0.3, 0.4) is 0 Å². The molecule has 0 aliphatic heterocycles. The van der Waals surface area contributed by atoms with Crippen molar-refractivity contribution in [1.29, 1.82) is 0 Å². The van der Waals surface area contributed by atoms with Crippen molar-refractivity contribution in [1.82, 2.24) is 10.3 Å². The fraction of sp³-hybridized carbons (Fsp3) is 0.0952. The smallest absolute Gasteiger partial charge is 0.407 e. The topological polar surface area (TPSA) is 149 Å². The number of hydrogen-bond donors (Lipinski definition) is 3. The van der Waals surface area contributed by atoms with Gasteiger partial charge in [0.1, 0.15) is 6.61 Å². The highest BCUT2D eigenvalue weighted by molar-refractivity contribution is 6.05. The van der Waals surface area contributed by atoms with Crippen LogP contribution >= 0.6 is 0 Å². The minimum absolute atomic E-state index is 0.0128. The summed E-state index contributed by atoms with van der Waals surface area (Å²) in [7, 11) is 0. The molecule has 0 spiro atoms. The summed E-state index contributed by atoms with van der Waals surface area (Å²) in [6.45, 7) is 0.194. The van der Waals surface area contributed by atoms with Crippen LogP contribution in [0.4, 0.5) is 21.9 Å². The lowest BCUT2D eigenvalue weighted by Gasteiger charge is -2.09. The molecule has 0 radical (unpaired) electrons. The van der Waals surface area contributed by atoms with Gasteiger partial charge in [-0.25, -0.2) is 4.79 Å². The first-order valence-corrected chi connectivity index (χ1v) is 9.16. The van der Waals surface area contributed by atoms with E-state index in [1.165, 1.54) is 36.7 Å². The van der Waals surface area contributed by atoms with E-state index in [-0.39, 0.29) is 24.7 Å². The second kappa shape index (κ2) is 9.83.